The van der Waals surface area contributed by atoms with Gasteiger partial charge in [0, 0.05) is 16.2 Å². The molecule has 1 aromatic heterocycles. The van der Waals surface area contributed by atoms with E-state index < -0.39 is 18.5 Å². The average Bonchev–Trinajstić information content (AvgIpc) is 3.09. The number of hydrogen-bond acceptors (Lipinski definition) is 7. The van der Waals surface area contributed by atoms with Gasteiger partial charge in [-0.2, -0.15) is 0 Å². The number of carbonyl (C=O) groups excluding carboxylic acids is 2. The molecule has 162 valence electrons. The lowest BCUT2D eigenvalue weighted by Crippen LogP contribution is -2.21. The molecule has 1 amide bonds. The number of anilines is 1. The van der Waals surface area contributed by atoms with Crippen molar-refractivity contribution in [1.82, 2.24) is 5.16 Å². The number of ether oxygens (including phenoxy) is 2. The standard InChI is InChI=1S/C23H24N2O5S/c1-4-28-20-11-7-6-10-19(20)24-22(26)13-29-23(27)17-9-5-8-12-21(17)31-14-18-15(2)25-30-16(18)3/h5-12H,4,13-14H2,1-3H3,(H,24,26). The third-order valence-corrected chi connectivity index (χ3v) is 5.56. The molecule has 0 spiro atoms. The van der Waals surface area contributed by atoms with Gasteiger partial charge in [-0.25, -0.2) is 4.79 Å². The number of rotatable bonds is 9. The quantitative estimate of drug-likeness (QED) is 0.378. The van der Waals surface area contributed by atoms with E-state index in [1.165, 1.54) is 11.8 Å². The summed E-state index contributed by atoms with van der Waals surface area (Å²) in [6.07, 6.45) is 0. The number of aryl methyl sites for hydroxylation is 2. The van der Waals surface area contributed by atoms with Crippen LogP contribution in [0.1, 0.15) is 34.3 Å². The van der Waals surface area contributed by atoms with Crippen molar-refractivity contribution in [2.75, 3.05) is 18.5 Å². The van der Waals surface area contributed by atoms with Gasteiger partial charge in [0.25, 0.3) is 5.91 Å². The molecule has 0 saturated heterocycles. The Labute approximate surface area is 185 Å². The van der Waals surface area contributed by atoms with E-state index in [2.05, 4.69) is 10.5 Å². The van der Waals surface area contributed by atoms with Crippen LogP contribution >= 0.6 is 11.8 Å². The monoisotopic (exact) mass is 440 g/mol. The van der Waals surface area contributed by atoms with Crippen LogP contribution in [-0.2, 0) is 15.3 Å². The van der Waals surface area contributed by atoms with Crippen molar-refractivity contribution in [3.63, 3.8) is 0 Å². The number of benzene rings is 2. The molecule has 31 heavy (non-hydrogen) atoms. The summed E-state index contributed by atoms with van der Waals surface area (Å²) in [7, 11) is 0. The van der Waals surface area contributed by atoms with Gasteiger partial charge in [-0.05, 0) is 45.0 Å². The summed E-state index contributed by atoms with van der Waals surface area (Å²) in [6, 6.07) is 14.2. The maximum absolute atomic E-state index is 12.6. The fourth-order valence-corrected chi connectivity index (χ4v) is 4.06. The lowest BCUT2D eigenvalue weighted by atomic mass is 10.2. The Morgan fingerprint density at radius 3 is 2.58 bits per heavy atom. The minimum absolute atomic E-state index is 0.401. The first kappa shape index (κ1) is 22.4. The Bertz CT molecular complexity index is 1040. The molecule has 2 aromatic carbocycles. The molecule has 1 heterocycles. The molecular weight excluding hydrogens is 416 g/mol. The van der Waals surface area contributed by atoms with Crippen LogP contribution in [0.2, 0.25) is 0 Å². The zero-order valence-corrected chi connectivity index (χ0v) is 18.5. The Morgan fingerprint density at radius 1 is 1.10 bits per heavy atom. The van der Waals surface area contributed by atoms with Crippen LogP contribution in [-0.4, -0.2) is 30.2 Å². The molecule has 0 bridgehead atoms. The molecule has 3 aromatic rings. The van der Waals surface area contributed by atoms with E-state index in [1.807, 2.05) is 39.0 Å². The van der Waals surface area contributed by atoms with Crippen molar-refractivity contribution in [3.05, 3.63) is 71.1 Å². The molecule has 0 saturated carbocycles. The maximum Gasteiger partial charge on any atom is 0.339 e. The first-order chi connectivity index (χ1) is 15.0. The van der Waals surface area contributed by atoms with Crippen LogP contribution in [0.5, 0.6) is 5.75 Å². The molecule has 0 radical (unpaired) electrons. The Morgan fingerprint density at radius 2 is 1.84 bits per heavy atom. The summed E-state index contributed by atoms with van der Waals surface area (Å²) in [5.41, 5.74) is 2.76. The lowest BCUT2D eigenvalue weighted by Gasteiger charge is -2.12. The Balaban J connectivity index is 1.60. The molecule has 0 unspecified atom stereocenters. The molecule has 8 heteroatoms. The summed E-state index contributed by atoms with van der Waals surface area (Å²) in [5.74, 6) is 0.927. The van der Waals surface area contributed by atoms with E-state index in [0.717, 1.165) is 21.9 Å². The van der Waals surface area contributed by atoms with Gasteiger partial charge < -0.3 is 19.3 Å². The molecular formula is C23H24N2O5S. The zero-order valence-electron chi connectivity index (χ0n) is 17.6. The fraction of sp³-hybridized carbons (Fsp3) is 0.261. The number of amides is 1. The highest BCUT2D eigenvalue weighted by Crippen LogP contribution is 2.29. The molecule has 0 atom stereocenters. The lowest BCUT2D eigenvalue weighted by molar-refractivity contribution is -0.119. The maximum atomic E-state index is 12.6. The highest BCUT2D eigenvalue weighted by molar-refractivity contribution is 7.98. The second kappa shape index (κ2) is 10.7. The third-order valence-electron chi connectivity index (χ3n) is 4.46. The topological polar surface area (TPSA) is 90.7 Å². The second-order valence-electron chi connectivity index (χ2n) is 6.64. The predicted molar refractivity (Wildman–Crippen MR) is 119 cm³/mol. The van der Waals surface area contributed by atoms with E-state index >= 15 is 0 Å². The van der Waals surface area contributed by atoms with Crippen LogP contribution in [0.15, 0.2) is 57.9 Å². The highest BCUT2D eigenvalue weighted by atomic mass is 32.2. The minimum atomic E-state index is -0.560. The minimum Gasteiger partial charge on any atom is -0.492 e. The highest BCUT2D eigenvalue weighted by Gasteiger charge is 2.17. The first-order valence-corrected chi connectivity index (χ1v) is 10.8. The van der Waals surface area contributed by atoms with Crippen molar-refractivity contribution in [2.45, 2.75) is 31.4 Å². The van der Waals surface area contributed by atoms with E-state index in [9.17, 15) is 9.59 Å². The van der Waals surface area contributed by atoms with Crippen LogP contribution in [0.3, 0.4) is 0 Å². The van der Waals surface area contributed by atoms with Gasteiger partial charge >= 0.3 is 5.97 Å². The summed E-state index contributed by atoms with van der Waals surface area (Å²) in [6.45, 7) is 5.68. The number of nitrogens with zero attached hydrogens (tertiary/aromatic N) is 1. The van der Waals surface area contributed by atoms with Gasteiger partial charge in [0.2, 0.25) is 0 Å². The van der Waals surface area contributed by atoms with Gasteiger partial charge in [-0.15, -0.1) is 11.8 Å². The molecule has 0 fully saturated rings. The summed E-state index contributed by atoms with van der Waals surface area (Å²) in [5, 5.41) is 6.66. The van der Waals surface area contributed by atoms with Gasteiger partial charge in [-0.3, -0.25) is 4.79 Å². The number of nitrogens with one attached hydrogen (secondary N) is 1. The van der Waals surface area contributed by atoms with Gasteiger partial charge in [0.05, 0.1) is 23.6 Å². The third kappa shape index (κ3) is 5.88. The second-order valence-corrected chi connectivity index (χ2v) is 7.66. The van der Waals surface area contributed by atoms with Crippen molar-refractivity contribution < 1.29 is 23.6 Å². The Kier molecular flexibility index (Phi) is 7.72. The number of thioether (sulfide) groups is 1. The number of para-hydroxylation sites is 2. The summed E-state index contributed by atoms with van der Waals surface area (Å²) in [4.78, 5) is 25.7. The SMILES string of the molecule is CCOc1ccccc1NC(=O)COC(=O)c1ccccc1SCc1c(C)noc1C. The van der Waals surface area contributed by atoms with E-state index in [1.54, 1.807) is 30.3 Å². The summed E-state index contributed by atoms with van der Waals surface area (Å²) < 4.78 is 15.9. The van der Waals surface area contributed by atoms with Gasteiger partial charge in [0.15, 0.2) is 6.61 Å². The van der Waals surface area contributed by atoms with Crippen LogP contribution in [0, 0.1) is 13.8 Å². The van der Waals surface area contributed by atoms with E-state index in [0.29, 0.717) is 29.4 Å². The smallest absolute Gasteiger partial charge is 0.339 e. The molecule has 0 aliphatic heterocycles. The normalized spacial score (nSPS) is 10.5. The number of aromatic nitrogens is 1. The summed E-state index contributed by atoms with van der Waals surface area (Å²) >= 11 is 1.49. The molecule has 1 N–H and O–H groups in total. The van der Waals surface area contributed by atoms with Crippen molar-refractivity contribution in [2.24, 2.45) is 0 Å². The number of hydrogen-bond donors (Lipinski definition) is 1. The molecule has 0 aliphatic carbocycles. The molecule has 3 rings (SSSR count). The first-order valence-electron chi connectivity index (χ1n) is 9.82. The van der Waals surface area contributed by atoms with Gasteiger partial charge in [0.1, 0.15) is 11.5 Å². The molecule has 7 nitrogen and oxygen atoms in total. The average molecular weight is 441 g/mol. The van der Waals surface area contributed by atoms with Crippen LogP contribution in [0.25, 0.3) is 0 Å². The number of esters is 1. The van der Waals surface area contributed by atoms with Crippen LogP contribution < -0.4 is 10.1 Å². The largest absolute Gasteiger partial charge is 0.492 e. The van der Waals surface area contributed by atoms with Gasteiger partial charge in [-0.1, -0.05) is 29.4 Å². The van der Waals surface area contributed by atoms with Crippen molar-refractivity contribution in [1.29, 1.82) is 0 Å². The predicted octanol–water partition coefficient (Wildman–Crippen LogP) is 4.78. The zero-order chi connectivity index (χ0) is 22.2. The van der Waals surface area contributed by atoms with Crippen molar-refractivity contribution in [3.8, 4) is 5.75 Å². The van der Waals surface area contributed by atoms with E-state index in [4.69, 9.17) is 14.0 Å². The van der Waals surface area contributed by atoms with E-state index in [-0.39, 0.29) is 0 Å². The van der Waals surface area contributed by atoms with Crippen molar-refractivity contribution >= 4 is 29.3 Å². The Hall–Kier alpha value is -3.26. The fourth-order valence-electron chi connectivity index (χ4n) is 2.87. The van der Waals surface area contributed by atoms with Crippen LogP contribution in [0.4, 0.5) is 5.69 Å². The number of carbonyl (C=O) groups is 2. The molecule has 0 aliphatic rings.